The van der Waals surface area contributed by atoms with Gasteiger partial charge in [-0.2, -0.15) is 0 Å². The van der Waals surface area contributed by atoms with Crippen LogP contribution in [-0.2, 0) is 38.8 Å². The van der Waals surface area contributed by atoms with Crippen LogP contribution in [0.2, 0.25) is 5.02 Å². The number of benzene rings is 3. The van der Waals surface area contributed by atoms with Crippen molar-refractivity contribution < 1.29 is 23.9 Å². The van der Waals surface area contributed by atoms with Gasteiger partial charge in [-0.15, -0.1) is 0 Å². The Labute approximate surface area is 249 Å². The van der Waals surface area contributed by atoms with Crippen LogP contribution >= 0.6 is 11.6 Å². The van der Waals surface area contributed by atoms with Crippen LogP contribution in [0, 0.1) is 11.8 Å². The highest BCUT2D eigenvalue weighted by Gasteiger charge is 2.76. The van der Waals surface area contributed by atoms with Gasteiger partial charge >= 0.3 is 0 Å². The third kappa shape index (κ3) is 4.84. The van der Waals surface area contributed by atoms with Crippen LogP contribution in [0.4, 0.5) is 0 Å². The number of carbonyl (C=O) groups is 3. The molecule has 0 aromatic heterocycles. The highest BCUT2D eigenvalue weighted by Crippen LogP contribution is 2.59. The van der Waals surface area contributed by atoms with Crippen LogP contribution in [0.5, 0.6) is 5.75 Å². The molecule has 3 aliphatic rings. The highest BCUT2D eigenvalue weighted by molar-refractivity contribution is 6.30. The van der Waals surface area contributed by atoms with Gasteiger partial charge < -0.3 is 25.0 Å². The van der Waals surface area contributed by atoms with Crippen molar-refractivity contribution >= 4 is 29.3 Å². The van der Waals surface area contributed by atoms with E-state index in [0.29, 0.717) is 11.6 Å². The third-order valence-corrected chi connectivity index (χ3v) is 8.78. The normalized spacial score (nSPS) is 27.2. The van der Waals surface area contributed by atoms with E-state index in [-0.39, 0.29) is 30.8 Å². The summed E-state index contributed by atoms with van der Waals surface area (Å²) in [6.45, 7) is 2.56. The SMILES string of the molecule is COc1ccc(CNC(=O)[C@H]2[C@H]3C(=O)N(Cc4ccc(Cl)cc4)[C@H](C(=O)NCc4ccccc4)[C@@]34C=C[C@]2(C)O4)cc1. The van der Waals surface area contributed by atoms with Crippen molar-refractivity contribution in [1.29, 1.82) is 0 Å². The number of nitrogens with zero attached hydrogens (tertiary/aromatic N) is 1. The van der Waals surface area contributed by atoms with Gasteiger partial charge in [-0.1, -0.05) is 78.4 Å². The summed E-state index contributed by atoms with van der Waals surface area (Å²) in [4.78, 5) is 43.5. The van der Waals surface area contributed by atoms with Crippen molar-refractivity contribution in [3.8, 4) is 5.75 Å². The molecule has 9 heteroatoms. The number of ether oxygens (including phenoxy) is 2. The van der Waals surface area contributed by atoms with E-state index in [1.54, 1.807) is 24.1 Å². The lowest BCUT2D eigenvalue weighted by molar-refractivity contribution is -0.145. The van der Waals surface area contributed by atoms with Crippen LogP contribution < -0.4 is 15.4 Å². The summed E-state index contributed by atoms with van der Waals surface area (Å²) in [5.41, 5.74) is 0.332. The molecule has 2 N–H and O–H groups in total. The first-order chi connectivity index (χ1) is 20.2. The molecule has 42 heavy (non-hydrogen) atoms. The van der Waals surface area contributed by atoms with Gasteiger partial charge in [0.15, 0.2) is 0 Å². The molecule has 8 nitrogen and oxygen atoms in total. The molecule has 2 saturated heterocycles. The van der Waals surface area contributed by atoms with Gasteiger partial charge in [0.25, 0.3) is 0 Å². The predicted molar refractivity (Wildman–Crippen MR) is 157 cm³/mol. The first kappa shape index (κ1) is 28.0. The lowest BCUT2D eigenvalue weighted by Gasteiger charge is -2.33. The maximum Gasteiger partial charge on any atom is 0.246 e. The number of rotatable bonds is 9. The zero-order chi connectivity index (χ0) is 29.5. The Morgan fingerprint density at radius 3 is 2.17 bits per heavy atom. The lowest BCUT2D eigenvalue weighted by atomic mass is 9.70. The van der Waals surface area contributed by atoms with Crippen molar-refractivity contribution in [2.75, 3.05) is 7.11 Å². The average Bonchev–Trinajstić information content (AvgIpc) is 3.57. The molecule has 2 fully saturated rings. The molecule has 1 spiro atoms. The van der Waals surface area contributed by atoms with Gasteiger partial charge in [-0.25, -0.2) is 0 Å². The number of hydrogen-bond donors (Lipinski definition) is 2. The Hall–Kier alpha value is -4.14. The maximum absolute atomic E-state index is 14.2. The fourth-order valence-corrected chi connectivity index (χ4v) is 6.64. The van der Waals surface area contributed by atoms with E-state index in [1.165, 1.54) is 0 Å². The minimum Gasteiger partial charge on any atom is -0.497 e. The minimum atomic E-state index is -1.28. The number of nitrogens with one attached hydrogen (secondary N) is 2. The molecular weight excluding hydrogens is 554 g/mol. The zero-order valence-electron chi connectivity index (χ0n) is 23.4. The van der Waals surface area contributed by atoms with E-state index in [2.05, 4.69) is 10.6 Å². The molecule has 3 amide bonds. The largest absolute Gasteiger partial charge is 0.497 e. The third-order valence-electron chi connectivity index (χ3n) is 8.53. The highest BCUT2D eigenvalue weighted by atomic mass is 35.5. The topological polar surface area (TPSA) is 97.0 Å². The number of methoxy groups -OCH3 is 1. The summed E-state index contributed by atoms with van der Waals surface area (Å²) in [6.07, 6.45) is 3.65. The molecule has 3 heterocycles. The summed E-state index contributed by atoms with van der Waals surface area (Å²) in [5.74, 6) is -1.87. The molecule has 6 rings (SSSR count). The summed E-state index contributed by atoms with van der Waals surface area (Å²) in [5, 5.41) is 6.59. The van der Waals surface area contributed by atoms with E-state index in [0.717, 1.165) is 22.4 Å². The molecule has 2 bridgehead atoms. The van der Waals surface area contributed by atoms with Crippen molar-refractivity contribution in [2.45, 2.75) is 43.8 Å². The summed E-state index contributed by atoms with van der Waals surface area (Å²) in [7, 11) is 1.60. The number of amides is 3. The van der Waals surface area contributed by atoms with Crippen LogP contribution in [0.15, 0.2) is 91.0 Å². The molecule has 3 aliphatic heterocycles. The second kappa shape index (κ2) is 10.9. The van der Waals surface area contributed by atoms with Gasteiger partial charge in [0.1, 0.15) is 17.4 Å². The van der Waals surface area contributed by atoms with Gasteiger partial charge in [0.05, 0.1) is 24.5 Å². The zero-order valence-corrected chi connectivity index (χ0v) is 24.1. The van der Waals surface area contributed by atoms with Gasteiger partial charge in [-0.3, -0.25) is 14.4 Å². The molecule has 0 saturated carbocycles. The number of carbonyl (C=O) groups excluding carboxylic acids is 3. The van der Waals surface area contributed by atoms with Crippen molar-refractivity contribution in [1.82, 2.24) is 15.5 Å². The maximum atomic E-state index is 14.2. The molecule has 0 aliphatic carbocycles. The van der Waals surface area contributed by atoms with Crippen molar-refractivity contribution in [3.05, 3.63) is 113 Å². The lowest BCUT2D eigenvalue weighted by Crippen LogP contribution is -2.54. The van der Waals surface area contributed by atoms with E-state index < -0.39 is 29.1 Å². The number of halogens is 1. The van der Waals surface area contributed by atoms with E-state index >= 15 is 0 Å². The molecule has 0 radical (unpaired) electrons. The van der Waals surface area contributed by atoms with Crippen LogP contribution in [0.25, 0.3) is 0 Å². The Balaban J connectivity index is 1.29. The van der Waals surface area contributed by atoms with Crippen LogP contribution in [-0.4, -0.2) is 47.0 Å². The van der Waals surface area contributed by atoms with Crippen LogP contribution in [0.1, 0.15) is 23.6 Å². The van der Waals surface area contributed by atoms with Gasteiger partial charge in [0, 0.05) is 24.7 Å². The van der Waals surface area contributed by atoms with Crippen LogP contribution in [0.3, 0.4) is 0 Å². The fraction of sp³-hybridized carbons (Fsp3) is 0.303. The second-order valence-corrected chi connectivity index (χ2v) is 11.6. The number of fused-ring (bicyclic) bond motifs is 1. The molecule has 216 valence electrons. The standard InChI is InChI=1S/C33H32ClN3O5/c1-32-16-17-33(42-32)27(26(32)29(38)35-19-22-10-14-25(41-2)15-11-22)31(40)37(20-23-8-12-24(34)13-9-23)28(33)30(39)36-18-21-6-4-3-5-7-21/h3-17,26-28H,18-20H2,1-2H3,(H,35,38)(H,36,39)/t26-,27+,28-,32+,33-/m1/s1. The summed E-state index contributed by atoms with van der Waals surface area (Å²) >= 11 is 6.10. The predicted octanol–water partition coefficient (Wildman–Crippen LogP) is 4.02. The molecule has 5 atom stereocenters. The molecular formula is C33H32ClN3O5. The smallest absolute Gasteiger partial charge is 0.246 e. The van der Waals surface area contributed by atoms with E-state index in [4.69, 9.17) is 21.1 Å². The van der Waals surface area contributed by atoms with Crippen molar-refractivity contribution in [2.24, 2.45) is 11.8 Å². The molecule has 3 aromatic carbocycles. The quantitative estimate of drug-likeness (QED) is 0.370. The van der Waals surface area contributed by atoms with E-state index in [1.807, 2.05) is 85.8 Å². The Morgan fingerprint density at radius 2 is 1.50 bits per heavy atom. The fourth-order valence-electron chi connectivity index (χ4n) is 6.51. The number of likely N-dealkylation sites (tertiary alicyclic amines) is 1. The average molecular weight is 586 g/mol. The Morgan fingerprint density at radius 1 is 0.881 bits per heavy atom. The Kier molecular flexibility index (Phi) is 7.29. The van der Waals surface area contributed by atoms with Gasteiger partial charge in [0.2, 0.25) is 17.7 Å². The van der Waals surface area contributed by atoms with E-state index in [9.17, 15) is 14.4 Å². The summed E-state index contributed by atoms with van der Waals surface area (Å²) < 4.78 is 11.8. The first-order valence-corrected chi connectivity index (χ1v) is 14.3. The molecule has 3 aromatic rings. The van der Waals surface area contributed by atoms with Crippen molar-refractivity contribution in [3.63, 3.8) is 0 Å². The monoisotopic (exact) mass is 585 g/mol. The van der Waals surface area contributed by atoms with Gasteiger partial charge in [-0.05, 0) is 47.9 Å². The Bertz CT molecular complexity index is 1530. The number of hydrogen-bond acceptors (Lipinski definition) is 5. The second-order valence-electron chi connectivity index (χ2n) is 11.2. The first-order valence-electron chi connectivity index (χ1n) is 13.9. The molecule has 0 unspecified atom stereocenters. The minimum absolute atomic E-state index is 0.172. The summed E-state index contributed by atoms with van der Waals surface area (Å²) in [6, 6.07) is 23.2.